The number of hydrogen-bond acceptors (Lipinski definition) is 4. The Balaban J connectivity index is 1.36. The first-order valence-corrected chi connectivity index (χ1v) is 13.1. The lowest BCUT2D eigenvalue weighted by Crippen LogP contribution is -2.32. The van der Waals surface area contributed by atoms with Crippen molar-refractivity contribution in [1.82, 2.24) is 5.32 Å². The molecule has 0 atom stereocenters. The molecule has 0 unspecified atom stereocenters. The molecule has 4 aromatic rings. The van der Waals surface area contributed by atoms with Gasteiger partial charge in [-0.1, -0.05) is 60.2 Å². The highest BCUT2D eigenvalue weighted by Gasteiger charge is 2.15. The highest BCUT2D eigenvalue weighted by molar-refractivity contribution is 7.92. The number of rotatable bonds is 6. The van der Waals surface area contributed by atoms with E-state index in [-0.39, 0.29) is 15.9 Å². The van der Waals surface area contributed by atoms with E-state index in [1.165, 1.54) is 18.2 Å². The van der Waals surface area contributed by atoms with Crippen LogP contribution >= 0.6 is 12.2 Å². The molecule has 0 saturated carbocycles. The van der Waals surface area contributed by atoms with Crippen molar-refractivity contribution >= 4 is 61.5 Å². The summed E-state index contributed by atoms with van der Waals surface area (Å²) in [6, 6.07) is 25.5. The molecule has 36 heavy (non-hydrogen) atoms. The third kappa shape index (κ3) is 6.16. The van der Waals surface area contributed by atoms with Gasteiger partial charge in [0.2, 0.25) is 5.91 Å². The average molecular weight is 516 g/mol. The highest BCUT2D eigenvalue weighted by atomic mass is 32.2. The first kappa shape index (κ1) is 25.1. The van der Waals surface area contributed by atoms with Gasteiger partial charge in [-0.3, -0.25) is 14.8 Å². The van der Waals surface area contributed by atoms with Gasteiger partial charge < -0.3 is 5.32 Å². The molecule has 1 amide bonds. The largest absolute Gasteiger partial charge is 0.332 e. The third-order valence-corrected chi connectivity index (χ3v) is 7.11. The van der Waals surface area contributed by atoms with Crippen LogP contribution in [0.25, 0.3) is 16.8 Å². The number of fused-ring (bicyclic) bond motifs is 1. The van der Waals surface area contributed by atoms with Crippen molar-refractivity contribution in [2.45, 2.75) is 18.7 Å². The fourth-order valence-corrected chi connectivity index (χ4v) is 5.08. The second kappa shape index (κ2) is 10.7. The smallest absolute Gasteiger partial charge is 0.261 e. The van der Waals surface area contributed by atoms with Crippen molar-refractivity contribution in [3.63, 3.8) is 0 Å². The molecule has 6 nitrogen and oxygen atoms in total. The minimum Gasteiger partial charge on any atom is -0.332 e. The Morgan fingerprint density at radius 1 is 0.889 bits per heavy atom. The Bertz CT molecular complexity index is 1570. The minimum atomic E-state index is -3.75. The fraction of sp³-hybridized carbons (Fsp3) is 0.0714. The van der Waals surface area contributed by atoms with Gasteiger partial charge in [-0.15, -0.1) is 0 Å². The molecule has 0 radical (unpaired) electrons. The van der Waals surface area contributed by atoms with Crippen LogP contribution in [0.3, 0.4) is 0 Å². The van der Waals surface area contributed by atoms with Gasteiger partial charge in [-0.25, -0.2) is 8.42 Å². The Labute approximate surface area is 216 Å². The van der Waals surface area contributed by atoms with Crippen LogP contribution in [0.2, 0.25) is 0 Å². The zero-order valence-corrected chi connectivity index (χ0v) is 21.4. The van der Waals surface area contributed by atoms with E-state index in [1.54, 1.807) is 24.3 Å². The molecule has 0 aliphatic rings. The van der Waals surface area contributed by atoms with Gasteiger partial charge in [0.15, 0.2) is 5.11 Å². The van der Waals surface area contributed by atoms with Crippen LogP contribution in [0.15, 0.2) is 95.9 Å². The van der Waals surface area contributed by atoms with Gasteiger partial charge in [0, 0.05) is 11.8 Å². The van der Waals surface area contributed by atoms with E-state index in [2.05, 4.69) is 15.4 Å². The molecule has 4 aromatic carbocycles. The van der Waals surface area contributed by atoms with Crippen molar-refractivity contribution in [2.75, 3.05) is 10.0 Å². The summed E-state index contributed by atoms with van der Waals surface area (Å²) in [5.74, 6) is -0.378. The lowest BCUT2D eigenvalue weighted by Gasteiger charge is -2.12. The number of nitrogens with one attached hydrogen (secondary N) is 3. The standard InChI is InChI=1S/C28H25N3O3S2/c1-19-10-16-26(20(2)18-19)31-36(33,34)24-14-12-23(13-15-24)29-28(35)30-27(32)17-11-22-8-5-7-21-6-3-4-9-25(21)22/h3-18,31H,1-2H3,(H2,29,30,32,35). The quantitative estimate of drug-likeness (QED) is 0.224. The average Bonchev–Trinajstić information content (AvgIpc) is 2.84. The predicted molar refractivity (Wildman–Crippen MR) is 151 cm³/mol. The van der Waals surface area contributed by atoms with Crippen LogP contribution in [0.5, 0.6) is 0 Å². The normalized spacial score (nSPS) is 11.4. The summed E-state index contributed by atoms with van der Waals surface area (Å²) in [6.07, 6.45) is 3.16. The molecule has 0 spiro atoms. The van der Waals surface area contributed by atoms with E-state index >= 15 is 0 Å². The highest BCUT2D eigenvalue weighted by Crippen LogP contribution is 2.22. The summed E-state index contributed by atoms with van der Waals surface area (Å²) in [4.78, 5) is 12.5. The van der Waals surface area contributed by atoms with Crippen molar-refractivity contribution < 1.29 is 13.2 Å². The van der Waals surface area contributed by atoms with Crippen LogP contribution in [0.4, 0.5) is 11.4 Å². The maximum atomic E-state index is 12.8. The minimum absolute atomic E-state index is 0.103. The number of benzene rings is 4. The number of thiocarbonyl (C=S) groups is 1. The van der Waals surface area contributed by atoms with E-state index in [4.69, 9.17) is 12.2 Å². The monoisotopic (exact) mass is 515 g/mol. The van der Waals surface area contributed by atoms with Crippen LogP contribution in [-0.4, -0.2) is 19.4 Å². The van der Waals surface area contributed by atoms with Gasteiger partial charge in [0.05, 0.1) is 10.6 Å². The van der Waals surface area contributed by atoms with Gasteiger partial charge in [0.25, 0.3) is 10.0 Å². The molecule has 0 heterocycles. The number of amides is 1. The van der Waals surface area contributed by atoms with Crippen LogP contribution < -0.4 is 15.4 Å². The Kier molecular flexibility index (Phi) is 7.47. The summed E-state index contributed by atoms with van der Waals surface area (Å²) >= 11 is 5.23. The van der Waals surface area contributed by atoms with Crippen LogP contribution in [-0.2, 0) is 14.8 Å². The van der Waals surface area contributed by atoms with E-state index in [1.807, 2.05) is 68.4 Å². The number of anilines is 2. The maximum absolute atomic E-state index is 12.8. The van der Waals surface area contributed by atoms with Gasteiger partial charge >= 0.3 is 0 Å². The number of aryl methyl sites for hydroxylation is 2. The van der Waals surface area contributed by atoms with Gasteiger partial charge in [-0.2, -0.15) is 0 Å². The maximum Gasteiger partial charge on any atom is 0.261 e. The van der Waals surface area contributed by atoms with E-state index in [9.17, 15) is 13.2 Å². The number of hydrogen-bond donors (Lipinski definition) is 3. The second-order valence-corrected chi connectivity index (χ2v) is 10.4. The molecular formula is C28H25N3O3S2. The molecule has 0 saturated heterocycles. The summed E-state index contributed by atoms with van der Waals surface area (Å²) in [5.41, 5.74) is 3.89. The van der Waals surface area contributed by atoms with E-state index in [0.29, 0.717) is 11.4 Å². The lowest BCUT2D eigenvalue weighted by atomic mass is 10.0. The molecule has 0 aliphatic carbocycles. The predicted octanol–water partition coefficient (Wildman–Crippen LogP) is 5.78. The third-order valence-electron chi connectivity index (χ3n) is 5.52. The van der Waals surface area contributed by atoms with Crippen LogP contribution in [0.1, 0.15) is 16.7 Å². The summed E-state index contributed by atoms with van der Waals surface area (Å²) in [5, 5.41) is 7.73. The first-order valence-electron chi connectivity index (χ1n) is 11.2. The van der Waals surface area contributed by atoms with E-state index < -0.39 is 10.0 Å². The zero-order valence-electron chi connectivity index (χ0n) is 19.8. The molecule has 8 heteroatoms. The Hall–Kier alpha value is -4.01. The Morgan fingerprint density at radius 2 is 1.61 bits per heavy atom. The van der Waals surface area contributed by atoms with Crippen LogP contribution in [0, 0.1) is 13.8 Å². The molecule has 0 aromatic heterocycles. The number of sulfonamides is 1. The van der Waals surface area contributed by atoms with Gasteiger partial charge in [-0.05, 0) is 84.4 Å². The number of carbonyl (C=O) groups excluding carboxylic acids is 1. The summed E-state index contributed by atoms with van der Waals surface area (Å²) < 4.78 is 28.1. The van der Waals surface area contributed by atoms with Crippen molar-refractivity contribution in [1.29, 1.82) is 0 Å². The molecule has 0 bridgehead atoms. The summed E-state index contributed by atoms with van der Waals surface area (Å²) in [6.45, 7) is 3.80. The molecular weight excluding hydrogens is 490 g/mol. The fourth-order valence-electron chi connectivity index (χ4n) is 3.73. The molecule has 3 N–H and O–H groups in total. The molecule has 4 rings (SSSR count). The topological polar surface area (TPSA) is 87.3 Å². The van der Waals surface area contributed by atoms with Crippen molar-refractivity contribution in [3.05, 3.63) is 108 Å². The molecule has 0 aliphatic heterocycles. The van der Waals surface area contributed by atoms with Gasteiger partial charge in [0.1, 0.15) is 0 Å². The molecule has 182 valence electrons. The SMILES string of the molecule is Cc1ccc(NS(=O)(=O)c2ccc(NC(=S)NC(=O)C=Cc3cccc4ccccc34)cc2)c(C)c1. The first-order chi connectivity index (χ1) is 17.2. The summed E-state index contributed by atoms with van der Waals surface area (Å²) in [7, 11) is -3.75. The molecule has 0 fully saturated rings. The number of carbonyl (C=O) groups is 1. The van der Waals surface area contributed by atoms with Crippen molar-refractivity contribution in [2.24, 2.45) is 0 Å². The lowest BCUT2D eigenvalue weighted by molar-refractivity contribution is -0.115. The van der Waals surface area contributed by atoms with E-state index in [0.717, 1.165) is 27.5 Å². The second-order valence-electron chi connectivity index (χ2n) is 8.29. The Morgan fingerprint density at radius 3 is 2.36 bits per heavy atom. The zero-order chi connectivity index (χ0) is 25.7. The van der Waals surface area contributed by atoms with Crippen molar-refractivity contribution in [3.8, 4) is 0 Å².